The van der Waals surface area contributed by atoms with E-state index < -0.39 is 0 Å². The number of aliphatic hydroxyl groups excluding tert-OH is 1. The molecule has 0 saturated heterocycles. The van der Waals surface area contributed by atoms with Crippen molar-refractivity contribution < 1.29 is 5.11 Å². The van der Waals surface area contributed by atoms with Crippen molar-refractivity contribution in [3.05, 3.63) is 23.4 Å². The van der Waals surface area contributed by atoms with Gasteiger partial charge in [0.15, 0.2) is 5.82 Å². The SMILES string of the molecule is Nc1nc(NCc2nnc3n2CCCC3)cc(C2CC(O)C2)n1. The summed E-state index contributed by atoms with van der Waals surface area (Å²) >= 11 is 0. The van der Waals surface area contributed by atoms with Gasteiger partial charge in [0, 0.05) is 24.9 Å². The first-order valence-corrected chi connectivity index (χ1v) is 8.16. The minimum absolute atomic E-state index is 0.213. The molecule has 4 rings (SSSR count). The molecule has 2 aromatic rings. The summed E-state index contributed by atoms with van der Waals surface area (Å²) in [5, 5.41) is 21.3. The van der Waals surface area contributed by atoms with Crippen molar-refractivity contribution in [2.45, 2.75) is 57.2 Å². The average molecular weight is 315 g/mol. The van der Waals surface area contributed by atoms with E-state index in [9.17, 15) is 5.11 Å². The van der Waals surface area contributed by atoms with Crippen molar-refractivity contribution in [2.24, 2.45) is 0 Å². The van der Waals surface area contributed by atoms with Gasteiger partial charge in [0.25, 0.3) is 0 Å². The van der Waals surface area contributed by atoms with Gasteiger partial charge in [-0.3, -0.25) is 0 Å². The number of nitrogens with zero attached hydrogens (tertiary/aromatic N) is 5. The van der Waals surface area contributed by atoms with E-state index in [1.54, 1.807) is 0 Å². The number of nitrogens with two attached hydrogens (primary N) is 1. The fourth-order valence-corrected chi connectivity index (χ4v) is 3.28. The van der Waals surface area contributed by atoms with Crippen LogP contribution < -0.4 is 11.1 Å². The minimum atomic E-state index is -0.213. The zero-order chi connectivity index (χ0) is 15.8. The number of hydrogen-bond donors (Lipinski definition) is 3. The Balaban J connectivity index is 1.47. The van der Waals surface area contributed by atoms with Crippen molar-refractivity contribution in [1.82, 2.24) is 24.7 Å². The second kappa shape index (κ2) is 5.77. The van der Waals surface area contributed by atoms with Gasteiger partial charge in [-0.15, -0.1) is 10.2 Å². The van der Waals surface area contributed by atoms with Crippen LogP contribution in [0.3, 0.4) is 0 Å². The molecule has 0 amide bonds. The molecule has 1 aliphatic heterocycles. The van der Waals surface area contributed by atoms with Gasteiger partial charge in [-0.05, 0) is 25.7 Å². The van der Waals surface area contributed by atoms with E-state index in [1.807, 2.05) is 6.07 Å². The Bertz CT molecular complexity index is 708. The van der Waals surface area contributed by atoms with Gasteiger partial charge >= 0.3 is 0 Å². The number of nitrogen functional groups attached to an aromatic ring is 1. The van der Waals surface area contributed by atoms with Gasteiger partial charge in [0.05, 0.1) is 18.3 Å². The number of hydrogen-bond acceptors (Lipinski definition) is 7. The van der Waals surface area contributed by atoms with E-state index in [2.05, 4.69) is 30.0 Å². The lowest BCUT2D eigenvalue weighted by Crippen LogP contribution is -2.27. The third-order valence-corrected chi connectivity index (χ3v) is 4.66. The molecule has 2 aromatic heterocycles. The van der Waals surface area contributed by atoms with Crippen LogP contribution in [0.25, 0.3) is 0 Å². The normalized spacial score (nSPS) is 23.2. The van der Waals surface area contributed by atoms with Crippen molar-refractivity contribution in [1.29, 1.82) is 0 Å². The maximum Gasteiger partial charge on any atom is 0.222 e. The Morgan fingerprint density at radius 3 is 2.96 bits per heavy atom. The highest BCUT2D eigenvalue weighted by Crippen LogP contribution is 2.36. The van der Waals surface area contributed by atoms with E-state index in [0.29, 0.717) is 12.4 Å². The van der Waals surface area contributed by atoms with Crippen LogP contribution >= 0.6 is 0 Å². The van der Waals surface area contributed by atoms with Gasteiger partial charge in [0.2, 0.25) is 5.95 Å². The van der Waals surface area contributed by atoms with Crippen molar-refractivity contribution in [3.63, 3.8) is 0 Å². The second-order valence-electron chi connectivity index (χ2n) is 6.35. The van der Waals surface area contributed by atoms with Crippen LogP contribution in [0.5, 0.6) is 0 Å². The molecule has 8 heteroatoms. The zero-order valence-corrected chi connectivity index (χ0v) is 12.9. The van der Waals surface area contributed by atoms with Crippen molar-refractivity contribution >= 4 is 11.8 Å². The molecule has 0 atom stereocenters. The lowest BCUT2D eigenvalue weighted by atomic mass is 9.80. The molecule has 0 radical (unpaired) electrons. The average Bonchev–Trinajstić information content (AvgIpc) is 2.92. The lowest BCUT2D eigenvalue weighted by Gasteiger charge is -2.30. The van der Waals surface area contributed by atoms with Crippen LogP contribution in [0.4, 0.5) is 11.8 Å². The molecule has 1 fully saturated rings. The summed E-state index contributed by atoms with van der Waals surface area (Å²) < 4.78 is 2.18. The Labute approximate surface area is 134 Å². The molecule has 0 unspecified atom stereocenters. The molecular formula is C15H21N7O. The standard InChI is InChI=1S/C15H21N7O/c16-15-18-11(9-5-10(23)6-9)7-12(19-15)17-8-14-21-20-13-3-1-2-4-22(13)14/h7,9-10,23H,1-6,8H2,(H3,16,17,18,19). The molecule has 0 aromatic carbocycles. The highest BCUT2D eigenvalue weighted by molar-refractivity contribution is 5.42. The number of aliphatic hydroxyl groups is 1. The third kappa shape index (κ3) is 2.86. The largest absolute Gasteiger partial charge is 0.393 e. The van der Waals surface area contributed by atoms with Gasteiger partial charge in [-0.1, -0.05) is 0 Å². The first kappa shape index (κ1) is 14.4. The molecule has 4 N–H and O–H groups in total. The number of anilines is 2. The minimum Gasteiger partial charge on any atom is -0.393 e. The smallest absolute Gasteiger partial charge is 0.222 e. The van der Waals surface area contributed by atoms with E-state index in [0.717, 1.165) is 43.1 Å². The highest BCUT2D eigenvalue weighted by atomic mass is 16.3. The van der Waals surface area contributed by atoms with Gasteiger partial charge in [0.1, 0.15) is 11.6 Å². The van der Waals surface area contributed by atoms with E-state index in [1.165, 1.54) is 12.8 Å². The maximum atomic E-state index is 9.45. The molecule has 2 aliphatic rings. The fourth-order valence-electron chi connectivity index (χ4n) is 3.28. The van der Waals surface area contributed by atoms with E-state index in [-0.39, 0.29) is 18.0 Å². The first-order valence-electron chi connectivity index (χ1n) is 8.16. The van der Waals surface area contributed by atoms with Crippen LogP contribution in [-0.4, -0.2) is 35.9 Å². The van der Waals surface area contributed by atoms with Crippen LogP contribution in [0.15, 0.2) is 6.07 Å². The second-order valence-corrected chi connectivity index (χ2v) is 6.35. The predicted octanol–water partition coefficient (Wildman–Crippen LogP) is 0.837. The highest BCUT2D eigenvalue weighted by Gasteiger charge is 2.30. The summed E-state index contributed by atoms with van der Waals surface area (Å²) in [5.41, 5.74) is 6.71. The van der Waals surface area contributed by atoms with Crippen LogP contribution in [0, 0.1) is 0 Å². The predicted molar refractivity (Wildman–Crippen MR) is 84.7 cm³/mol. The Morgan fingerprint density at radius 2 is 2.13 bits per heavy atom. The molecule has 23 heavy (non-hydrogen) atoms. The molecule has 0 bridgehead atoms. The summed E-state index contributed by atoms with van der Waals surface area (Å²) in [4.78, 5) is 8.53. The van der Waals surface area contributed by atoms with Crippen LogP contribution in [0.2, 0.25) is 0 Å². The molecule has 8 nitrogen and oxygen atoms in total. The molecule has 1 saturated carbocycles. The first-order chi connectivity index (χ1) is 11.2. The molecule has 3 heterocycles. The Kier molecular flexibility index (Phi) is 3.60. The lowest BCUT2D eigenvalue weighted by molar-refractivity contribution is 0.0732. The van der Waals surface area contributed by atoms with E-state index >= 15 is 0 Å². The topological polar surface area (TPSA) is 115 Å². The molecule has 1 aliphatic carbocycles. The molecule has 0 spiro atoms. The Hall–Kier alpha value is -2.22. The number of rotatable bonds is 4. The van der Waals surface area contributed by atoms with E-state index in [4.69, 9.17) is 5.73 Å². The number of nitrogens with one attached hydrogen (secondary N) is 1. The fraction of sp³-hybridized carbons (Fsp3) is 0.600. The van der Waals surface area contributed by atoms with Crippen molar-refractivity contribution in [3.8, 4) is 0 Å². The number of aryl methyl sites for hydroxylation is 1. The zero-order valence-electron chi connectivity index (χ0n) is 12.9. The number of aromatic nitrogens is 5. The number of fused-ring (bicyclic) bond motifs is 1. The van der Waals surface area contributed by atoms with Crippen LogP contribution in [-0.2, 0) is 19.5 Å². The summed E-state index contributed by atoms with van der Waals surface area (Å²) in [5.74, 6) is 3.23. The van der Waals surface area contributed by atoms with Crippen LogP contribution in [0.1, 0.15) is 48.9 Å². The van der Waals surface area contributed by atoms with Gasteiger partial charge < -0.3 is 20.7 Å². The Morgan fingerprint density at radius 1 is 1.26 bits per heavy atom. The monoisotopic (exact) mass is 315 g/mol. The summed E-state index contributed by atoms with van der Waals surface area (Å²) in [6.07, 6.45) is 4.63. The summed E-state index contributed by atoms with van der Waals surface area (Å²) in [6.45, 7) is 1.55. The third-order valence-electron chi connectivity index (χ3n) is 4.66. The maximum absolute atomic E-state index is 9.45. The molecule has 122 valence electrons. The van der Waals surface area contributed by atoms with Gasteiger partial charge in [-0.25, -0.2) is 4.98 Å². The van der Waals surface area contributed by atoms with Crippen molar-refractivity contribution in [2.75, 3.05) is 11.1 Å². The summed E-state index contributed by atoms with van der Waals surface area (Å²) in [6, 6.07) is 1.92. The molecular weight excluding hydrogens is 294 g/mol. The quantitative estimate of drug-likeness (QED) is 0.765. The summed E-state index contributed by atoms with van der Waals surface area (Å²) in [7, 11) is 0. The van der Waals surface area contributed by atoms with Gasteiger partial charge in [-0.2, -0.15) is 4.98 Å².